The molecule has 10 heteroatoms. The van der Waals surface area contributed by atoms with Gasteiger partial charge in [-0.1, -0.05) is 17.9 Å². The molecule has 0 radical (unpaired) electrons. The van der Waals surface area contributed by atoms with E-state index in [4.69, 9.17) is 4.74 Å². The van der Waals surface area contributed by atoms with Crippen LogP contribution in [0.1, 0.15) is 34.5 Å². The van der Waals surface area contributed by atoms with E-state index in [1.54, 1.807) is 25.1 Å². The second-order valence-corrected chi connectivity index (χ2v) is 9.61. The molecule has 1 fully saturated rings. The summed E-state index contributed by atoms with van der Waals surface area (Å²) in [5.41, 5.74) is 1.59. The van der Waals surface area contributed by atoms with E-state index >= 15 is 0 Å². The van der Waals surface area contributed by atoms with Crippen LogP contribution in [0.25, 0.3) is 0 Å². The Balaban J connectivity index is 1.61. The summed E-state index contributed by atoms with van der Waals surface area (Å²) in [4.78, 5) is 12.8. The number of fused-ring (bicyclic) bond motifs is 1. The van der Waals surface area contributed by atoms with Crippen LogP contribution < -0.4 is 14.8 Å². The quantitative estimate of drug-likeness (QED) is 0.598. The Morgan fingerprint density at radius 2 is 2.16 bits per heavy atom. The highest BCUT2D eigenvalue weighted by Gasteiger charge is 2.36. The van der Waals surface area contributed by atoms with Gasteiger partial charge in [0.05, 0.1) is 17.7 Å². The van der Waals surface area contributed by atoms with Crippen molar-refractivity contribution in [1.82, 2.24) is 9.29 Å². The summed E-state index contributed by atoms with van der Waals surface area (Å²) >= 11 is 0. The first-order valence-corrected chi connectivity index (χ1v) is 11.5. The van der Waals surface area contributed by atoms with E-state index in [0.29, 0.717) is 11.3 Å². The van der Waals surface area contributed by atoms with Gasteiger partial charge < -0.3 is 19.7 Å². The highest BCUT2D eigenvalue weighted by molar-refractivity contribution is 7.89. The van der Waals surface area contributed by atoms with Crippen LogP contribution in [0.5, 0.6) is 5.75 Å². The maximum absolute atomic E-state index is 13.0. The molecule has 1 saturated carbocycles. The minimum atomic E-state index is -4.07. The fourth-order valence-corrected chi connectivity index (χ4v) is 4.76. The van der Waals surface area contributed by atoms with Gasteiger partial charge in [-0.25, -0.2) is 13.1 Å². The van der Waals surface area contributed by atoms with Gasteiger partial charge in [-0.3, -0.25) is 4.79 Å². The zero-order valence-electron chi connectivity index (χ0n) is 17.5. The van der Waals surface area contributed by atoms with Crippen molar-refractivity contribution in [1.29, 1.82) is 5.26 Å². The van der Waals surface area contributed by atoms with Crippen molar-refractivity contribution in [3.8, 4) is 23.7 Å². The minimum Gasteiger partial charge on any atom is -0.488 e. The molecule has 3 N–H and O–H groups in total. The fourth-order valence-electron chi connectivity index (χ4n) is 3.34. The van der Waals surface area contributed by atoms with E-state index in [9.17, 15) is 23.6 Å². The summed E-state index contributed by atoms with van der Waals surface area (Å²) in [5.74, 6) is 5.16. The van der Waals surface area contributed by atoms with Gasteiger partial charge in [0, 0.05) is 24.8 Å². The number of aryl methyl sites for hydroxylation is 2. The molecule has 166 valence electrons. The number of amides is 1. The molecule has 4 rings (SSSR count). The Morgan fingerprint density at radius 1 is 1.41 bits per heavy atom. The first-order valence-electron chi connectivity index (χ1n) is 10.1. The monoisotopic (exact) mass is 454 g/mol. The molecule has 1 aromatic carbocycles. The third-order valence-corrected chi connectivity index (χ3v) is 6.81. The summed E-state index contributed by atoms with van der Waals surface area (Å²) in [6, 6.07) is 5.98. The lowest BCUT2D eigenvalue weighted by Crippen LogP contribution is -2.45. The molecule has 1 unspecified atom stereocenters. The van der Waals surface area contributed by atoms with Crippen molar-refractivity contribution in [3.05, 3.63) is 41.2 Å². The standard InChI is InChI=1S/C22H22N4O5S/c1-13-3-7-16(9-15(13)10-23)24-22(28)20-21-19(11-26(20)2)32(29,30)25-17(12-31-21)18(27)8-6-14-4-5-14/h3,7,9,11,14,17-18,25,27H,4-5,12H2,1-2H3,(H,24,28)/t17-,18?/m0/s1. The molecule has 1 aliphatic heterocycles. The average molecular weight is 455 g/mol. The van der Waals surface area contributed by atoms with Crippen molar-refractivity contribution in [3.63, 3.8) is 0 Å². The van der Waals surface area contributed by atoms with Crippen LogP contribution >= 0.6 is 0 Å². The van der Waals surface area contributed by atoms with E-state index in [1.807, 2.05) is 0 Å². The van der Waals surface area contributed by atoms with Gasteiger partial charge in [0.15, 0.2) is 11.4 Å². The van der Waals surface area contributed by atoms with Crippen LogP contribution in [-0.4, -0.2) is 42.8 Å². The van der Waals surface area contributed by atoms with Crippen LogP contribution in [0.2, 0.25) is 0 Å². The number of anilines is 1. The van der Waals surface area contributed by atoms with E-state index in [1.165, 1.54) is 17.8 Å². The van der Waals surface area contributed by atoms with E-state index in [2.05, 4.69) is 27.9 Å². The van der Waals surface area contributed by atoms with Gasteiger partial charge >= 0.3 is 0 Å². The first-order chi connectivity index (χ1) is 15.2. The molecule has 2 aromatic rings. The van der Waals surface area contributed by atoms with Gasteiger partial charge in [-0.15, -0.1) is 0 Å². The highest BCUT2D eigenvalue weighted by Crippen LogP contribution is 2.33. The lowest BCUT2D eigenvalue weighted by molar-refractivity contribution is 0.101. The van der Waals surface area contributed by atoms with Gasteiger partial charge in [0.2, 0.25) is 10.0 Å². The highest BCUT2D eigenvalue weighted by atomic mass is 32.2. The van der Waals surface area contributed by atoms with Crippen molar-refractivity contribution < 1.29 is 23.1 Å². The van der Waals surface area contributed by atoms with Gasteiger partial charge in [-0.2, -0.15) is 5.26 Å². The number of ether oxygens (including phenoxy) is 1. The number of rotatable bonds is 3. The van der Waals surface area contributed by atoms with E-state index < -0.39 is 28.1 Å². The second-order valence-electron chi connectivity index (χ2n) is 7.92. The molecule has 1 aromatic heterocycles. The number of hydrogen-bond acceptors (Lipinski definition) is 6. The molecule has 2 heterocycles. The summed E-state index contributed by atoms with van der Waals surface area (Å²) in [6.45, 7) is 1.59. The number of hydrogen-bond donors (Lipinski definition) is 3. The number of benzene rings is 1. The molecule has 2 aliphatic rings. The van der Waals surface area contributed by atoms with Crippen LogP contribution in [0.15, 0.2) is 29.3 Å². The molecule has 2 atom stereocenters. The van der Waals surface area contributed by atoms with Gasteiger partial charge in [0.1, 0.15) is 17.6 Å². The summed E-state index contributed by atoms with van der Waals surface area (Å²) < 4.78 is 35.3. The van der Waals surface area contributed by atoms with Crippen molar-refractivity contribution in [2.75, 3.05) is 11.9 Å². The van der Waals surface area contributed by atoms with Crippen molar-refractivity contribution in [2.24, 2.45) is 13.0 Å². The number of nitrogens with one attached hydrogen (secondary N) is 2. The van der Waals surface area contributed by atoms with Crippen molar-refractivity contribution in [2.45, 2.75) is 36.8 Å². The first kappa shape index (κ1) is 21.9. The maximum atomic E-state index is 13.0. The number of carbonyl (C=O) groups excluding carboxylic acids is 1. The molecular formula is C22H22N4O5S. The smallest absolute Gasteiger partial charge is 0.276 e. The predicted molar refractivity (Wildman–Crippen MR) is 115 cm³/mol. The van der Waals surface area contributed by atoms with Gasteiger partial charge in [-0.05, 0) is 37.5 Å². The van der Waals surface area contributed by atoms with Crippen molar-refractivity contribution >= 4 is 21.6 Å². The Labute approximate surface area is 186 Å². The fraction of sp³-hybridized carbons (Fsp3) is 0.364. The Morgan fingerprint density at radius 3 is 2.84 bits per heavy atom. The maximum Gasteiger partial charge on any atom is 0.276 e. The van der Waals surface area contributed by atoms with Crippen LogP contribution in [0.3, 0.4) is 0 Å². The van der Waals surface area contributed by atoms with Crippen LogP contribution in [-0.2, 0) is 17.1 Å². The number of aliphatic hydroxyl groups excluding tert-OH is 1. The summed E-state index contributed by atoms with van der Waals surface area (Å²) in [5, 5.41) is 22.2. The SMILES string of the molecule is Cc1ccc(NC(=O)c2c3c(cn2C)S(=O)(=O)N[C@H](C(O)C#CC2CC2)CO3)cc1C#N. The number of carbonyl (C=O) groups is 1. The third kappa shape index (κ3) is 4.34. The molecule has 0 bridgehead atoms. The van der Waals surface area contributed by atoms with Gasteiger partial charge in [0.25, 0.3) is 5.91 Å². The molecule has 0 spiro atoms. The summed E-state index contributed by atoms with van der Waals surface area (Å²) in [6.07, 6.45) is 2.01. The minimum absolute atomic E-state index is 0.00339. The van der Waals surface area contributed by atoms with Crippen LogP contribution in [0, 0.1) is 36.0 Å². The zero-order valence-corrected chi connectivity index (χ0v) is 18.4. The molecule has 32 heavy (non-hydrogen) atoms. The number of nitriles is 1. The summed E-state index contributed by atoms with van der Waals surface area (Å²) in [7, 11) is -2.53. The Kier molecular flexibility index (Phi) is 5.70. The van der Waals surface area contributed by atoms with Crippen LogP contribution in [0.4, 0.5) is 5.69 Å². The number of aromatic nitrogens is 1. The third-order valence-electron chi connectivity index (χ3n) is 5.33. The Hall–Kier alpha value is -3.31. The number of aliphatic hydroxyl groups is 1. The van der Waals surface area contributed by atoms with E-state index in [0.717, 1.165) is 18.4 Å². The molecule has 9 nitrogen and oxygen atoms in total. The average Bonchev–Trinajstić information content (AvgIpc) is 3.52. The zero-order chi connectivity index (χ0) is 23.0. The normalized spacial score (nSPS) is 19.9. The predicted octanol–water partition coefficient (Wildman–Crippen LogP) is 1.27. The number of nitrogens with zero attached hydrogens (tertiary/aromatic N) is 2. The number of sulfonamides is 1. The molecular weight excluding hydrogens is 432 g/mol. The molecule has 0 saturated heterocycles. The second kappa shape index (κ2) is 8.32. The molecule has 1 aliphatic carbocycles. The Bertz CT molecular complexity index is 1290. The topological polar surface area (TPSA) is 133 Å². The lowest BCUT2D eigenvalue weighted by atomic mass is 10.1. The van der Waals surface area contributed by atoms with E-state index in [-0.39, 0.29) is 28.9 Å². The molecule has 1 amide bonds. The lowest BCUT2D eigenvalue weighted by Gasteiger charge is -2.17. The largest absolute Gasteiger partial charge is 0.488 e.